The molecular formula is C24H23BrN4O3. The zero-order valence-corrected chi connectivity index (χ0v) is 19.2. The fraction of sp³-hybridized carbons (Fsp3) is 0.208. The number of nitrogens with one attached hydrogen (secondary N) is 1. The summed E-state index contributed by atoms with van der Waals surface area (Å²) in [5, 5.41) is 2.89. The minimum absolute atomic E-state index is 0.0558. The van der Waals surface area contributed by atoms with Crippen LogP contribution in [0.15, 0.2) is 71.3 Å². The van der Waals surface area contributed by atoms with Crippen LogP contribution in [0.25, 0.3) is 0 Å². The van der Waals surface area contributed by atoms with E-state index < -0.39 is 0 Å². The average molecular weight is 495 g/mol. The van der Waals surface area contributed by atoms with Crippen LogP contribution in [0.5, 0.6) is 11.6 Å². The minimum atomic E-state index is -0.154. The van der Waals surface area contributed by atoms with E-state index in [0.29, 0.717) is 36.0 Å². The fourth-order valence-corrected chi connectivity index (χ4v) is 3.82. The van der Waals surface area contributed by atoms with Crippen LogP contribution >= 0.6 is 15.9 Å². The summed E-state index contributed by atoms with van der Waals surface area (Å²) in [5.41, 5.74) is 2.37. The molecule has 1 fully saturated rings. The molecule has 7 nitrogen and oxygen atoms in total. The standard InChI is InChI=1S/C24H23BrN4O3/c1-17(30)18-5-8-21(9-6-18)28-11-13-29(14-12-28)24(31)27-20-7-10-23(26-16-20)32-22-4-2-3-19(25)15-22/h2-10,15-16H,11-14H2,1H3,(H,27,31). The van der Waals surface area contributed by atoms with Gasteiger partial charge < -0.3 is 19.9 Å². The summed E-state index contributed by atoms with van der Waals surface area (Å²) >= 11 is 3.41. The van der Waals surface area contributed by atoms with E-state index in [4.69, 9.17) is 4.74 Å². The number of Topliss-reactive ketones (excluding diaryl/α,β-unsaturated/α-hetero) is 1. The summed E-state index contributed by atoms with van der Waals surface area (Å²) in [6.07, 6.45) is 1.58. The van der Waals surface area contributed by atoms with Crippen LogP contribution in [0.1, 0.15) is 17.3 Å². The number of halogens is 1. The lowest BCUT2D eigenvalue weighted by atomic mass is 10.1. The summed E-state index contributed by atoms with van der Waals surface area (Å²) in [6.45, 7) is 4.23. The van der Waals surface area contributed by atoms with E-state index in [2.05, 4.69) is 31.1 Å². The summed E-state index contributed by atoms with van der Waals surface area (Å²) in [5.74, 6) is 1.18. The SMILES string of the molecule is CC(=O)c1ccc(N2CCN(C(=O)Nc3ccc(Oc4cccc(Br)c4)nc3)CC2)cc1. The van der Waals surface area contributed by atoms with Gasteiger partial charge in [0.25, 0.3) is 0 Å². The van der Waals surface area contributed by atoms with Gasteiger partial charge in [-0.25, -0.2) is 9.78 Å². The number of ether oxygens (including phenoxy) is 1. The fourth-order valence-electron chi connectivity index (χ4n) is 3.44. The van der Waals surface area contributed by atoms with E-state index in [0.717, 1.165) is 23.2 Å². The van der Waals surface area contributed by atoms with E-state index in [1.807, 2.05) is 48.5 Å². The topological polar surface area (TPSA) is 74.8 Å². The second-order valence-electron chi connectivity index (χ2n) is 7.45. The Morgan fingerprint density at radius 2 is 1.75 bits per heavy atom. The summed E-state index contributed by atoms with van der Waals surface area (Å²) in [4.78, 5) is 32.3. The molecular weight excluding hydrogens is 472 g/mol. The third-order valence-corrected chi connectivity index (χ3v) is 5.71. The highest BCUT2D eigenvalue weighted by Crippen LogP contribution is 2.24. The highest BCUT2D eigenvalue weighted by molar-refractivity contribution is 9.10. The molecule has 0 saturated carbocycles. The van der Waals surface area contributed by atoms with Crippen LogP contribution in [0.2, 0.25) is 0 Å². The van der Waals surface area contributed by atoms with Crippen molar-refractivity contribution in [2.24, 2.45) is 0 Å². The zero-order chi connectivity index (χ0) is 22.5. The number of rotatable bonds is 5. The number of ketones is 1. The number of carbonyl (C=O) groups excluding carboxylic acids is 2. The average Bonchev–Trinajstić information content (AvgIpc) is 2.80. The minimum Gasteiger partial charge on any atom is -0.439 e. The molecule has 164 valence electrons. The van der Waals surface area contributed by atoms with Crippen LogP contribution in [-0.2, 0) is 0 Å². The first kappa shape index (κ1) is 21.8. The van der Waals surface area contributed by atoms with Crippen LogP contribution in [0, 0.1) is 0 Å². The van der Waals surface area contributed by atoms with Crippen molar-refractivity contribution >= 4 is 39.1 Å². The van der Waals surface area contributed by atoms with Crippen molar-refractivity contribution in [1.82, 2.24) is 9.88 Å². The molecule has 2 heterocycles. The molecule has 0 aliphatic carbocycles. The smallest absolute Gasteiger partial charge is 0.322 e. The van der Waals surface area contributed by atoms with Crippen molar-refractivity contribution in [3.05, 3.63) is 76.9 Å². The quantitative estimate of drug-likeness (QED) is 0.493. The molecule has 0 radical (unpaired) electrons. The Morgan fingerprint density at radius 1 is 1.00 bits per heavy atom. The maximum absolute atomic E-state index is 12.6. The summed E-state index contributed by atoms with van der Waals surface area (Å²) < 4.78 is 6.64. The Morgan fingerprint density at radius 3 is 2.38 bits per heavy atom. The highest BCUT2D eigenvalue weighted by Gasteiger charge is 2.21. The highest BCUT2D eigenvalue weighted by atomic mass is 79.9. The monoisotopic (exact) mass is 494 g/mol. The molecule has 32 heavy (non-hydrogen) atoms. The van der Waals surface area contributed by atoms with E-state index in [1.54, 1.807) is 30.2 Å². The maximum atomic E-state index is 12.6. The molecule has 8 heteroatoms. The summed E-state index contributed by atoms with van der Waals surface area (Å²) in [7, 11) is 0. The molecule has 2 aromatic carbocycles. The van der Waals surface area contributed by atoms with Gasteiger partial charge >= 0.3 is 6.03 Å². The molecule has 2 amide bonds. The number of carbonyl (C=O) groups is 2. The van der Waals surface area contributed by atoms with Gasteiger partial charge in [0.15, 0.2) is 5.78 Å². The largest absolute Gasteiger partial charge is 0.439 e. The maximum Gasteiger partial charge on any atom is 0.322 e. The third-order valence-electron chi connectivity index (χ3n) is 5.21. The molecule has 4 rings (SSSR count). The lowest BCUT2D eigenvalue weighted by molar-refractivity contribution is 0.101. The van der Waals surface area contributed by atoms with Gasteiger partial charge in [0.05, 0.1) is 11.9 Å². The van der Waals surface area contributed by atoms with E-state index in [9.17, 15) is 9.59 Å². The lowest BCUT2D eigenvalue weighted by Gasteiger charge is -2.36. The molecule has 0 spiro atoms. The molecule has 0 bridgehead atoms. The van der Waals surface area contributed by atoms with Gasteiger partial charge in [-0.1, -0.05) is 22.0 Å². The number of benzene rings is 2. The Balaban J connectivity index is 1.28. The molecule has 1 aliphatic rings. The molecule has 0 atom stereocenters. The number of urea groups is 1. The second kappa shape index (κ2) is 9.82. The normalized spacial score (nSPS) is 13.6. The van der Waals surface area contributed by atoms with Gasteiger partial charge in [-0.15, -0.1) is 0 Å². The van der Waals surface area contributed by atoms with Gasteiger partial charge in [0.1, 0.15) is 5.75 Å². The first-order chi connectivity index (χ1) is 15.5. The lowest BCUT2D eigenvalue weighted by Crippen LogP contribution is -2.50. The Kier molecular flexibility index (Phi) is 6.70. The molecule has 1 aromatic heterocycles. The Hall–Kier alpha value is -3.39. The van der Waals surface area contributed by atoms with E-state index in [1.165, 1.54) is 0 Å². The van der Waals surface area contributed by atoms with Gasteiger partial charge in [0.2, 0.25) is 5.88 Å². The van der Waals surface area contributed by atoms with Crippen molar-refractivity contribution in [2.45, 2.75) is 6.92 Å². The number of amides is 2. The number of anilines is 2. The Labute approximate surface area is 195 Å². The first-order valence-electron chi connectivity index (χ1n) is 10.3. The molecule has 1 aliphatic heterocycles. The number of hydrogen-bond acceptors (Lipinski definition) is 5. The van der Waals surface area contributed by atoms with Crippen molar-refractivity contribution in [3.63, 3.8) is 0 Å². The third kappa shape index (κ3) is 5.45. The predicted molar refractivity (Wildman–Crippen MR) is 128 cm³/mol. The molecule has 0 unspecified atom stereocenters. The number of piperazine rings is 1. The van der Waals surface area contributed by atoms with Crippen LogP contribution < -0.4 is 15.0 Å². The van der Waals surface area contributed by atoms with Crippen LogP contribution in [-0.4, -0.2) is 47.9 Å². The predicted octanol–water partition coefficient (Wildman–Crippen LogP) is 5.19. The van der Waals surface area contributed by atoms with Crippen LogP contribution in [0.4, 0.5) is 16.2 Å². The number of hydrogen-bond donors (Lipinski definition) is 1. The van der Waals surface area contributed by atoms with E-state index in [-0.39, 0.29) is 11.8 Å². The zero-order valence-electron chi connectivity index (χ0n) is 17.6. The second-order valence-corrected chi connectivity index (χ2v) is 8.37. The molecule has 1 saturated heterocycles. The van der Waals surface area contributed by atoms with Crippen LogP contribution in [0.3, 0.4) is 0 Å². The number of aromatic nitrogens is 1. The van der Waals surface area contributed by atoms with Crippen molar-refractivity contribution in [3.8, 4) is 11.6 Å². The Bertz CT molecular complexity index is 1090. The van der Waals surface area contributed by atoms with Crippen molar-refractivity contribution in [1.29, 1.82) is 0 Å². The van der Waals surface area contributed by atoms with Gasteiger partial charge in [-0.3, -0.25) is 4.79 Å². The van der Waals surface area contributed by atoms with Gasteiger partial charge in [-0.2, -0.15) is 0 Å². The number of pyridine rings is 1. The van der Waals surface area contributed by atoms with E-state index >= 15 is 0 Å². The molecule has 3 aromatic rings. The first-order valence-corrected chi connectivity index (χ1v) is 11.1. The van der Waals surface area contributed by atoms with Crippen molar-refractivity contribution in [2.75, 3.05) is 36.4 Å². The van der Waals surface area contributed by atoms with Crippen molar-refractivity contribution < 1.29 is 14.3 Å². The van der Waals surface area contributed by atoms with Gasteiger partial charge in [-0.05, 0) is 55.5 Å². The summed E-state index contributed by atoms with van der Waals surface area (Å²) in [6, 6.07) is 18.4. The van der Waals surface area contributed by atoms with Gasteiger partial charge in [0, 0.05) is 48.0 Å². The molecule has 1 N–H and O–H groups in total. The number of nitrogens with zero attached hydrogens (tertiary/aromatic N) is 3.